The van der Waals surface area contributed by atoms with Crippen molar-refractivity contribution in [3.63, 3.8) is 0 Å². The van der Waals surface area contributed by atoms with Gasteiger partial charge in [-0.25, -0.2) is 4.79 Å². The summed E-state index contributed by atoms with van der Waals surface area (Å²) < 4.78 is 43.7. The molecule has 0 aliphatic carbocycles. The Morgan fingerprint density at radius 1 is 1.22 bits per heavy atom. The van der Waals surface area contributed by atoms with Crippen molar-refractivity contribution >= 4 is 12.1 Å². The quantitative estimate of drug-likeness (QED) is 0.925. The fraction of sp³-hybridized carbons (Fsp3) is 0.467. The van der Waals surface area contributed by atoms with E-state index in [0.717, 1.165) is 4.90 Å². The van der Waals surface area contributed by atoms with E-state index < -0.39 is 43.0 Å². The molecule has 0 saturated carbocycles. The molecular formula is C15H16F3NO4. The second kappa shape index (κ2) is 6.89. The number of likely N-dealkylation sites (tertiary alicyclic amines) is 1. The number of carboxylic acid groups (broad SMARTS) is 1. The molecule has 1 heterocycles. The van der Waals surface area contributed by atoms with Crippen LogP contribution in [0, 0.1) is 11.8 Å². The minimum Gasteiger partial charge on any atom is -0.481 e. The number of benzene rings is 1. The molecule has 1 fully saturated rings. The zero-order valence-electron chi connectivity index (χ0n) is 12.1. The molecule has 1 saturated heterocycles. The highest BCUT2D eigenvalue weighted by Crippen LogP contribution is 2.35. The molecule has 8 heteroatoms. The second-order valence-electron chi connectivity index (χ2n) is 5.45. The lowest BCUT2D eigenvalue weighted by Crippen LogP contribution is -2.50. The van der Waals surface area contributed by atoms with Gasteiger partial charge in [0.05, 0.1) is 11.8 Å². The van der Waals surface area contributed by atoms with Crippen LogP contribution in [0.25, 0.3) is 0 Å². The van der Waals surface area contributed by atoms with E-state index in [0.29, 0.717) is 5.56 Å². The molecular weight excluding hydrogens is 315 g/mol. The number of halogens is 3. The number of carbonyl (C=O) groups excluding carboxylic acids is 1. The molecule has 2 atom stereocenters. The minimum absolute atomic E-state index is 0.0788. The van der Waals surface area contributed by atoms with Gasteiger partial charge in [0.2, 0.25) is 0 Å². The van der Waals surface area contributed by atoms with Crippen molar-refractivity contribution in [3.8, 4) is 0 Å². The molecule has 0 bridgehead atoms. The maximum Gasteiger partial charge on any atom is 0.410 e. The average molecular weight is 331 g/mol. The van der Waals surface area contributed by atoms with Crippen molar-refractivity contribution in [2.24, 2.45) is 11.8 Å². The lowest BCUT2D eigenvalue weighted by Gasteiger charge is -2.36. The molecule has 0 aromatic heterocycles. The Hall–Kier alpha value is -2.25. The Balaban J connectivity index is 2.01. The van der Waals surface area contributed by atoms with Gasteiger partial charge in [0.25, 0.3) is 0 Å². The van der Waals surface area contributed by atoms with Crippen LogP contribution >= 0.6 is 0 Å². The van der Waals surface area contributed by atoms with Crippen LogP contribution < -0.4 is 0 Å². The number of alkyl halides is 3. The number of nitrogens with zero attached hydrogens (tertiary/aromatic N) is 1. The van der Waals surface area contributed by atoms with E-state index in [2.05, 4.69) is 0 Å². The third kappa shape index (κ3) is 4.61. The molecule has 0 radical (unpaired) electrons. The fourth-order valence-corrected chi connectivity index (χ4v) is 2.47. The van der Waals surface area contributed by atoms with Crippen molar-refractivity contribution in [1.29, 1.82) is 0 Å². The summed E-state index contributed by atoms with van der Waals surface area (Å²) in [5, 5.41) is 8.98. The third-order valence-corrected chi connectivity index (χ3v) is 3.73. The smallest absolute Gasteiger partial charge is 0.410 e. The highest BCUT2D eigenvalue weighted by molar-refractivity contribution is 5.73. The Morgan fingerprint density at radius 2 is 1.87 bits per heavy atom. The molecule has 1 aromatic carbocycles. The minimum atomic E-state index is -4.55. The maximum atomic E-state index is 12.9. The summed E-state index contributed by atoms with van der Waals surface area (Å²) in [5.41, 5.74) is 0.694. The molecule has 1 N–H and O–H groups in total. The first-order chi connectivity index (χ1) is 10.8. The summed E-state index contributed by atoms with van der Waals surface area (Å²) in [7, 11) is 0. The fourth-order valence-electron chi connectivity index (χ4n) is 2.47. The van der Waals surface area contributed by atoms with E-state index in [4.69, 9.17) is 9.84 Å². The van der Waals surface area contributed by atoms with E-state index in [-0.39, 0.29) is 13.2 Å². The summed E-state index contributed by atoms with van der Waals surface area (Å²) in [6, 6.07) is 8.68. The van der Waals surface area contributed by atoms with Crippen molar-refractivity contribution in [1.82, 2.24) is 4.90 Å². The molecule has 1 aliphatic heterocycles. The molecule has 126 valence electrons. The molecule has 5 nitrogen and oxygen atoms in total. The molecule has 0 spiro atoms. The van der Waals surface area contributed by atoms with Gasteiger partial charge in [0.1, 0.15) is 6.61 Å². The number of carboxylic acids is 1. The van der Waals surface area contributed by atoms with Crippen molar-refractivity contribution in [2.45, 2.75) is 19.2 Å². The number of hydrogen-bond donors (Lipinski definition) is 1. The van der Waals surface area contributed by atoms with Crippen LogP contribution in [0.5, 0.6) is 0 Å². The molecule has 2 rings (SSSR count). The van der Waals surface area contributed by atoms with Crippen LogP contribution in [0.3, 0.4) is 0 Å². The molecule has 0 unspecified atom stereocenters. The van der Waals surface area contributed by atoms with Crippen molar-refractivity contribution < 1.29 is 32.6 Å². The Morgan fingerprint density at radius 3 is 2.43 bits per heavy atom. The van der Waals surface area contributed by atoms with Gasteiger partial charge in [-0.3, -0.25) is 4.79 Å². The third-order valence-electron chi connectivity index (χ3n) is 3.73. The first-order valence-corrected chi connectivity index (χ1v) is 7.02. The van der Waals surface area contributed by atoms with Gasteiger partial charge < -0.3 is 14.7 Å². The number of ether oxygens (including phenoxy) is 1. The monoisotopic (exact) mass is 331 g/mol. The van der Waals surface area contributed by atoms with Gasteiger partial charge in [-0.05, 0) is 12.0 Å². The maximum absolute atomic E-state index is 12.9. The number of carbonyl (C=O) groups is 2. The number of piperidine rings is 1. The molecule has 1 amide bonds. The highest BCUT2D eigenvalue weighted by atomic mass is 19.4. The summed E-state index contributed by atoms with van der Waals surface area (Å²) in [6.45, 7) is -0.943. The standard InChI is InChI=1S/C15H16F3NO4/c16-15(17,18)12-6-11(13(20)21)7-19(8-12)14(22)23-9-10-4-2-1-3-5-10/h1-5,11-12H,6-9H2,(H,20,21)/t11-,12-/m1/s1. The van der Waals surface area contributed by atoms with Crippen LogP contribution in [-0.2, 0) is 16.1 Å². The Labute approximate surface area is 130 Å². The molecule has 23 heavy (non-hydrogen) atoms. The van der Waals surface area contributed by atoms with Crippen LogP contribution in [0.15, 0.2) is 30.3 Å². The highest BCUT2D eigenvalue weighted by Gasteiger charge is 2.47. The summed E-state index contributed by atoms with van der Waals surface area (Å²) in [5.74, 6) is -4.46. The zero-order chi connectivity index (χ0) is 17.0. The van der Waals surface area contributed by atoms with Crippen LogP contribution in [0.1, 0.15) is 12.0 Å². The first-order valence-electron chi connectivity index (χ1n) is 7.02. The van der Waals surface area contributed by atoms with Gasteiger partial charge in [-0.2, -0.15) is 13.2 Å². The van der Waals surface area contributed by atoms with Gasteiger partial charge in [-0.15, -0.1) is 0 Å². The average Bonchev–Trinajstić information content (AvgIpc) is 2.52. The lowest BCUT2D eigenvalue weighted by atomic mass is 9.89. The zero-order valence-corrected chi connectivity index (χ0v) is 12.1. The molecule has 1 aliphatic rings. The number of hydrogen-bond acceptors (Lipinski definition) is 3. The van der Waals surface area contributed by atoms with E-state index in [1.807, 2.05) is 0 Å². The van der Waals surface area contributed by atoms with E-state index in [9.17, 15) is 22.8 Å². The summed E-state index contributed by atoms with van der Waals surface area (Å²) in [6.07, 6.45) is -6.01. The Bertz CT molecular complexity index is 562. The van der Waals surface area contributed by atoms with Gasteiger partial charge in [0.15, 0.2) is 0 Å². The van der Waals surface area contributed by atoms with Crippen LogP contribution in [0.4, 0.5) is 18.0 Å². The first kappa shape index (κ1) is 17.1. The predicted octanol–water partition coefficient (Wildman–Crippen LogP) is 2.91. The largest absolute Gasteiger partial charge is 0.481 e. The van der Waals surface area contributed by atoms with E-state index in [1.54, 1.807) is 30.3 Å². The lowest BCUT2D eigenvalue weighted by molar-refractivity contribution is -0.192. The Kier molecular flexibility index (Phi) is 5.12. The van der Waals surface area contributed by atoms with E-state index >= 15 is 0 Å². The predicted molar refractivity (Wildman–Crippen MR) is 73.5 cm³/mol. The number of aliphatic carboxylic acids is 1. The topological polar surface area (TPSA) is 66.8 Å². The molecule has 1 aromatic rings. The van der Waals surface area contributed by atoms with E-state index in [1.165, 1.54) is 0 Å². The van der Waals surface area contributed by atoms with Gasteiger partial charge >= 0.3 is 18.2 Å². The summed E-state index contributed by atoms with van der Waals surface area (Å²) >= 11 is 0. The van der Waals surface area contributed by atoms with Gasteiger partial charge in [0, 0.05) is 13.1 Å². The van der Waals surface area contributed by atoms with Crippen LogP contribution in [0.2, 0.25) is 0 Å². The van der Waals surface area contributed by atoms with Crippen molar-refractivity contribution in [3.05, 3.63) is 35.9 Å². The number of rotatable bonds is 3. The SMILES string of the molecule is O=C(O)[C@@H]1C[C@@H](C(F)(F)F)CN(C(=O)OCc2ccccc2)C1. The van der Waals surface area contributed by atoms with Gasteiger partial charge in [-0.1, -0.05) is 30.3 Å². The van der Waals surface area contributed by atoms with Crippen molar-refractivity contribution in [2.75, 3.05) is 13.1 Å². The number of amides is 1. The normalized spacial score (nSPS) is 21.8. The second-order valence-corrected chi connectivity index (χ2v) is 5.45. The summed E-state index contributed by atoms with van der Waals surface area (Å²) in [4.78, 5) is 23.8. The van der Waals surface area contributed by atoms with Crippen LogP contribution in [-0.4, -0.2) is 41.3 Å².